The first kappa shape index (κ1) is 17.3. The van der Waals surface area contributed by atoms with Gasteiger partial charge in [0.1, 0.15) is 6.07 Å². The van der Waals surface area contributed by atoms with Crippen LogP contribution in [0.4, 0.5) is 0 Å². The Kier molecular flexibility index (Phi) is 4.86. The van der Waals surface area contributed by atoms with Gasteiger partial charge in [-0.15, -0.1) is 16.9 Å². The molecule has 5 nitrogen and oxygen atoms in total. The molecule has 0 bridgehead atoms. The van der Waals surface area contributed by atoms with Gasteiger partial charge in [0, 0.05) is 22.1 Å². The molecule has 2 heterocycles. The highest BCUT2D eigenvalue weighted by atomic mass is 32.2. The summed E-state index contributed by atoms with van der Waals surface area (Å²) in [4.78, 5) is 1.17. The molecule has 3 N–H and O–H groups in total. The number of fused-ring (bicyclic) bond motifs is 1. The zero-order valence-electron chi connectivity index (χ0n) is 14.6. The van der Waals surface area contributed by atoms with Crippen molar-refractivity contribution < 1.29 is 4.74 Å². The normalized spacial score (nSPS) is 15.7. The molecule has 0 unspecified atom stereocenters. The van der Waals surface area contributed by atoms with E-state index >= 15 is 0 Å². The fourth-order valence-electron chi connectivity index (χ4n) is 3.25. The number of hydrogen-bond donors (Lipinski definition) is 2. The Bertz CT molecular complexity index is 1010. The number of benzene rings is 2. The number of rotatable bonds is 5. The standard InChI is InChI=1S/C21H18N4OS/c22-12-17-16(11-14-7-3-1-4-8-14)19-18(24-25-21(19)26-20(17)23)13-27-15-9-5-2-6-10-15/h1-10,16H,11,13,23H2,(H,24,25)/t16-/m0/s1. The Labute approximate surface area is 161 Å². The Morgan fingerprint density at radius 3 is 2.52 bits per heavy atom. The van der Waals surface area contributed by atoms with Crippen LogP contribution in [0.25, 0.3) is 0 Å². The molecule has 0 saturated carbocycles. The molecule has 0 radical (unpaired) electrons. The van der Waals surface area contributed by atoms with Gasteiger partial charge in [-0.25, -0.2) is 0 Å². The minimum atomic E-state index is -0.175. The SMILES string of the molecule is N#CC1=C(N)Oc2n[nH]c(CSc3ccccc3)c2[C@H]1Cc1ccccc1. The zero-order chi connectivity index (χ0) is 18.6. The molecule has 2 aromatic carbocycles. The molecule has 1 aromatic heterocycles. The second kappa shape index (κ2) is 7.60. The number of aromatic amines is 1. The largest absolute Gasteiger partial charge is 0.420 e. The number of allylic oxidation sites excluding steroid dienone is 1. The molecular formula is C21H18N4OS. The van der Waals surface area contributed by atoms with Crippen LogP contribution in [0.5, 0.6) is 5.88 Å². The van der Waals surface area contributed by atoms with Crippen LogP contribution in [0, 0.1) is 11.3 Å². The molecule has 0 aliphatic carbocycles. The van der Waals surface area contributed by atoms with Gasteiger partial charge >= 0.3 is 0 Å². The lowest BCUT2D eigenvalue weighted by molar-refractivity contribution is 0.373. The average molecular weight is 374 g/mol. The summed E-state index contributed by atoms with van der Waals surface area (Å²) < 4.78 is 5.62. The summed E-state index contributed by atoms with van der Waals surface area (Å²) in [6, 6.07) is 22.5. The van der Waals surface area contributed by atoms with Crippen molar-refractivity contribution in [3.63, 3.8) is 0 Å². The minimum Gasteiger partial charge on any atom is -0.420 e. The molecule has 0 fully saturated rings. The van der Waals surface area contributed by atoms with E-state index in [9.17, 15) is 5.26 Å². The summed E-state index contributed by atoms with van der Waals surface area (Å²) in [6.45, 7) is 0. The van der Waals surface area contributed by atoms with E-state index < -0.39 is 0 Å². The van der Waals surface area contributed by atoms with Crippen molar-refractivity contribution in [2.75, 3.05) is 0 Å². The van der Waals surface area contributed by atoms with Gasteiger partial charge < -0.3 is 10.5 Å². The smallest absolute Gasteiger partial charge is 0.243 e. The van der Waals surface area contributed by atoms with Gasteiger partial charge in [-0.2, -0.15) is 5.26 Å². The van der Waals surface area contributed by atoms with E-state index in [0.717, 1.165) is 16.8 Å². The maximum absolute atomic E-state index is 9.67. The third-order valence-corrected chi connectivity index (χ3v) is 5.58. The molecule has 1 aliphatic rings. The second-order valence-electron chi connectivity index (χ2n) is 6.26. The summed E-state index contributed by atoms with van der Waals surface area (Å²) in [5.41, 5.74) is 9.48. The molecule has 1 atom stereocenters. The lowest BCUT2D eigenvalue weighted by Crippen LogP contribution is -2.21. The van der Waals surface area contributed by atoms with Crippen LogP contribution in [-0.2, 0) is 12.2 Å². The monoisotopic (exact) mass is 374 g/mol. The van der Waals surface area contributed by atoms with Crippen molar-refractivity contribution in [2.24, 2.45) is 5.73 Å². The number of H-pyrrole nitrogens is 1. The summed E-state index contributed by atoms with van der Waals surface area (Å²) in [6.07, 6.45) is 0.670. The molecular weight excluding hydrogens is 356 g/mol. The molecule has 6 heteroatoms. The van der Waals surface area contributed by atoms with Gasteiger partial charge in [0.25, 0.3) is 0 Å². The van der Waals surface area contributed by atoms with Gasteiger partial charge in [-0.3, -0.25) is 5.10 Å². The fraction of sp³-hybridized carbons (Fsp3) is 0.143. The third kappa shape index (κ3) is 3.55. The van der Waals surface area contributed by atoms with E-state index in [1.54, 1.807) is 11.8 Å². The Hall–Kier alpha value is -3.17. The number of nitrogens with two attached hydrogens (primary N) is 1. The Morgan fingerprint density at radius 2 is 1.81 bits per heavy atom. The highest BCUT2D eigenvalue weighted by Gasteiger charge is 2.33. The van der Waals surface area contributed by atoms with Crippen LogP contribution in [-0.4, -0.2) is 10.2 Å². The van der Waals surface area contributed by atoms with E-state index in [1.165, 1.54) is 4.90 Å². The predicted molar refractivity (Wildman–Crippen MR) is 105 cm³/mol. The Balaban J connectivity index is 1.66. The third-order valence-electron chi connectivity index (χ3n) is 4.55. The van der Waals surface area contributed by atoms with Gasteiger partial charge in [-0.1, -0.05) is 48.5 Å². The van der Waals surface area contributed by atoms with Crippen LogP contribution in [0.1, 0.15) is 22.7 Å². The summed E-state index contributed by atoms with van der Waals surface area (Å²) >= 11 is 1.71. The number of thioether (sulfide) groups is 1. The average Bonchev–Trinajstić information content (AvgIpc) is 3.10. The number of nitrogens with one attached hydrogen (secondary N) is 1. The van der Waals surface area contributed by atoms with Gasteiger partial charge in [0.15, 0.2) is 0 Å². The van der Waals surface area contributed by atoms with Gasteiger partial charge in [-0.05, 0) is 24.1 Å². The van der Waals surface area contributed by atoms with E-state index in [4.69, 9.17) is 10.5 Å². The van der Waals surface area contributed by atoms with E-state index in [2.05, 4.69) is 40.5 Å². The van der Waals surface area contributed by atoms with Gasteiger partial charge in [0.2, 0.25) is 11.8 Å². The molecule has 4 rings (SSSR count). The van der Waals surface area contributed by atoms with Crippen LogP contribution in [0.15, 0.2) is 77.0 Å². The molecule has 3 aromatic rings. The van der Waals surface area contributed by atoms with Crippen LogP contribution >= 0.6 is 11.8 Å². The van der Waals surface area contributed by atoms with Crippen LogP contribution < -0.4 is 10.5 Å². The number of aromatic nitrogens is 2. The van der Waals surface area contributed by atoms with Crippen molar-refractivity contribution in [3.05, 3.63) is 88.9 Å². The number of nitriles is 1. The maximum Gasteiger partial charge on any atom is 0.243 e. The molecule has 27 heavy (non-hydrogen) atoms. The minimum absolute atomic E-state index is 0.139. The predicted octanol–water partition coefficient (Wildman–Crippen LogP) is 4.11. The molecule has 0 spiro atoms. The highest BCUT2D eigenvalue weighted by Crippen LogP contribution is 2.42. The second-order valence-corrected chi connectivity index (χ2v) is 7.31. The number of nitrogens with zero attached hydrogens (tertiary/aromatic N) is 2. The van der Waals surface area contributed by atoms with E-state index in [0.29, 0.717) is 23.6 Å². The lowest BCUT2D eigenvalue weighted by Gasteiger charge is -2.23. The van der Waals surface area contributed by atoms with E-state index in [-0.39, 0.29) is 11.8 Å². The first-order valence-corrected chi connectivity index (χ1v) is 9.61. The van der Waals surface area contributed by atoms with Crippen LogP contribution in [0.2, 0.25) is 0 Å². The lowest BCUT2D eigenvalue weighted by atomic mass is 9.85. The molecule has 0 amide bonds. The Morgan fingerprint density at radius 1 is 1.11 bits per heavy atom. The van der Waals surface area contributed by atoms with E-state index in [1.807, 2.05) is 36.4 Å². The van der Waals surface area contributed by atoms with Crippen LogP contribution in [0.3, 0.4) is 0 Å². The fourth-order valence-corrected chi connectivity index (χ4v) is 4.13. The molecule has 1 aliphatic heterocycles. The first-order valence-electron chi connectivity index (χ1n) is 8.62. The van der Waals surface area contributed by atoms with Crippen molar-refractivity contribution >= 4 is 11.8 Å². The van der Waals surface area contributed by atoms with Crippen molar-refractivity contribution in [2.45, 2.75) is 23.0 Å². The van der Waals surface area contributed by atoms with Gasteiger partial charge in [0.05, 0.1) is 11.3 Å². The number of hydrogen-bond acceptors (Lipinski definition) is 5. The van der Waals surface area contributed by atoms with Crippen molar-refractivity contribution in [1.82, 2.24) is 10.2 Å². The topological polar surface area (TPSA) is 87.7 Å². The number of ether oxygens (including phenoxy) is 1. The summed E-state index contributed by atoms with van der Waals surface area (Å²) in [7, 11) is 0. The highest BCUT2D eigenvalue weighted by molar-refractivity contribution is 7.98. The molecule has 0 saturated heterocycles. The first-order chi connectivity index (χ1) is 13.3. The summed E-state index contributed by atoms with van der Waals surface area (Å²) in [5.74, 6) is 1.14. The maximum atomic E-state index is 9.67. The van der Waals surface area contributed by atoms with Crippen molar-refractivity contribution in [1.29, 1.82) is 5.26 Å². The zero-order valence-corrected chi connectivity index (χ0v) is 15.4. The van der Waals surface area contributed by atoms with Crippen molar-refractivity contribution in [3.8, 4) is 11.9 Å². The molecule has 134 valence electrons. The quantitative estimate of drug-likeness (QED) is 0.656. The summed E-state index contributed by atoms with van der Waals surface area (Å²) in [5, 5.41) is 17.0.